The monoisotopic (exact) mass is 462 g/mol. The van der Waals surface area contributed by atoms with Gasteiger partial charge in [-0.25, -0.2) is 5.43 Å². The van der Waals surface area contributed by atoms with E-state index in [-0.39, 0.29) is 24.2 Å². The lowest BCUT2D eigenvalue weighted by Crippen LogP contribution is -2.54. The molecule has 1 fully saturated rings. The van der Waals surface area contributed by atoms with Gasteiger partial charge in [0.2, 0.25) is 5.91 Å². The highest BCUT2D eigenvalue weighted by Gasteiger charge is 2.44. The Labute approximate surface area is 199 Å². The van der Waals surface area contributed by atoms with Crippen LogP contribution >= 0.6 is 11.8 Å². The average Bonchev–Trinajstić information content (AvgIpc) is 3.43. The zero-order valence-electron chi connectivity index (χ0n) is 19.2. The number of rotatable bonds is 5. The van der Waals surface area contributed by atoms with Gasteiger partial charge in [-0.1, -0.05) is 54.6 Å². The van der Waals surface area contributed by atoms with E-state index in [1.54, 1.807) is 0 Å². The van der Waals surface area contributed by atoms with Crippen LogP contribution < -0.4 is 16.2 Å². The summed E-state index contributed by atoms with van der Waals surface area (Å²) in [5.74, 6) is 0.278. The molecule has 3 aliphatic rings. The van der Waals surface area contributed by atoms with Crippen molar-refractivity contribution in [2.45, 2.75) is 51.9 Å². The number of benzene rings is 2. The second kappa shape index (κ2) is 9.11. The van der Waals surface area contributed by atoms with E-state index in [1.165, 1.54) is 34.0 Å². The number of hydrogen-bond acceptors (Lipinski definition) is 7. The van der Waals surface area contributed by atoms with Crippen LogP contribution in [-0.2, 0) is 11.2 Å². The van der Waals surface area contributed by atoms with E-state index in [0.717, 1.165) is 23.7 Å². The summed E-state index contributed by atoms with van der Waals surface area (Å²) in [6, 6.07) is 15.1. The van der Waals surface area contributed by atoms with E-state index in [4.69, 9.17) is 0 Å². The summed E-state index contributed by atoms with van der Waals surface area (Å²) in [4.78, 5) is 14.6. The second-order valence-electron chi connectivity index (χ2n) is 8.81. The number of aryl methyl sites for hydroxylation is 3. The summed E-state index contributed by atoms with van der Waals surface area (Å²) >= 11 is 1.45. The molecule has 3 unspecified atom stereocenters. The molecular formula is C25H30N6OS. The fraction of sp³-hybridized carbons (Fsp3) is 0.360. The van der Waals surface area contributed by atoms with Crippen molar-refractivity contribution in [1.29, 1.82) is 0 Å². The van der Waals surface area contributed by atoms with Crippen LogP contribution in [0.25, 0.3) is 0 Å². The van der Waals surface area contributed by atoms with Crippen LogP contribution in [0.15, 0.2) is 60.0 Å². The number of nitrogens with zero attached hydrogens (tertiary/aromatic N) is 3. The molecule has 7 nitrogen and oxygen atoms in total. The van der Waals surface area contributed by atoms with Gasteiger partial charge in [0.05, 0.1) is 17.8 Å². The molecule has 172 valence electrons. The summed E-state index contributed by atoms with van der Waals surface area (Å²) in [5, 5.41) is 10.5. The van der Waals surface area contributed by atoms with E-state index in [1.807, 2.05) is 30.5 Å². The van der Waals surface area contributed by atoms with Crippen molar-refractivity contribution in [3.05, 3.63) is 77.1 Å². The molecular weight excluding hydrogens is 432 g/mol. The van der Waals surface area contributed by atoms with Crippen molar-refractivity contribution in [3.8, 4) is 0 Å². The molecule has 0 aromatic heterocycles. The van der Waals surface area contributed by atoms with Gasteiger partial charge in [0, 0.05) is 18.1 Å². The van der Waals surface area contributed by atoms with E-state index in [0.29, 0.717) is 5.75 Å². The number of hydrogen-bond donors (Lipinski definition) is 3. The molecule has 1 amide bonds. The first kappa shape index (κ1) is 21.9. The standard InChI is InChI=1S/C25H30N6OS/c1-4-18-7-9-19(10-8-18)26-23(32)15-33-25-28-27-24-22-14-21(29-31(22)12-11-30(24)25)20-13-16(2)5-6-17(20)3/h5-13,21-22,24,27,29H,4,14-15H2,1-3H3,(H,26,32). The van der Waals surface area contributed by atoms with Crippen molar-refractivity contribution in [2.75, 3.05) is 11.1 Å². The van der Waals surface area contributed by atoms with Crippen LogP contribution in [0.4, 0.5) is 5.69 Å². The van der Waals surface area contributed by atoms with Crippen LogP contribution in [0, 0.1) is 13.8 Å². The van der Waals surface area contributed by atoms with Gasteiger partial charge in [-0.2, -0.15) is 5.10 Å². The highest BCUT2D eigenvalue weighted by atomic mass is 32.2. The van der Waals surface area contributed by atoms with Gasteiger partial charge in [-0.05, 0) is 55.5 Å². The zero-order valence-corrected chi connectivity index (χ0v) is 20.0. The van der Waals surface area contributed by atoms with Crippen LogP contribution in [0.1, 0.15) is 41.6 Å². The minimum Gasteiger partial charge on any atom is -0.325 e. The normalized spacial score (nSPS) is 23.1. The third-order valence-corrected chi connectivity index (χ3v) is 7.46. The van der Waals surface area contributed by atoms with Crippen LogP contribution in [0.3, 0.4) is 0 Å². The average molecular weight is 463 g/mol. The first-order valence-electron chi connectivity index (χ1n) is 11.4. The Bertz CT molecular complexity index is 1100. The minimum atomic E-state index is -0.0319. The predicted molar refractivity (Wildman–Crippen MR) is 134 cm³/mol. The molecule has 2 aromatic rings. The number of carbonyl (C=O) groups is 1. The number of hydrazone groups is 1. The molecule has 1 saturated heterocycles. The summed E-state index contributed by atoms with van der Waals surface area (Å²) in [7, 11) is 0. The number of fused-ring (bicyclic) bond motifs is 3. The Kier molecular flexibility index (Phi) is 6.03. The third kappa shape index (κ3) is 4.45. The maximum Gasteiger partial charge on any atom is 0.234 e. The summed E-state index contributed by atoms with van der Waals surface area (Å²) in [6.07, 6.45) is 6.12. The minimum absolute atomic E-state index is 0.0319. The van der Waals surface area contributed by atoms with Gasteiger partial charge in [-0.3, -0.25) is 10.2 Å². The predicted octanol–water partition coefficient (Wildman–Crippen LogP) is 3.84. The lowest BCUT2D eigenvalue weighted by molar-refractivity contribution is -0.113. The van der Waals surface area contributed by atoms with Crippen molar-refractivity contribution in [3.63, 3.8) is 0 Å². The lowest BCUT2D eigenvalue weighted by atomic mass is 9.95. The smallest absolute Gasteiger partial charge is 0.234 e. The third-order valence-electron chi connectivity index (χ3n) is 6.49. The van der Waals surface area contributed by atoms with Gasteiger partial charge in [0.1, 0.15) is 6.17 Å². The fourth-order valence-electron chi connectivity index (χ4n) is 4.64. The SMILES string of the molecule is CCc1ccc(NC(=O)CSC2=NNC3C4CC(c5cc(C)ccc5C)NN4C=CN23)cc1. The molecule has 3 aliphatic heterocycles. The van der Waals surface area contributed by atoms with Crippen LogP contribution in [0.5, 0.6) is 0 Å². The number of amides is 1. The quantitative estimate of drug-likeness (QED) is 0.627. The number of hydrazine groups is 1. The van der Waals surface area contributed by atoms with Crippen molar-refractivity contribution >= 4 is 28.5 Å². The molecule has 8 heteroatoms. The Morgan fingerprint density at radius 3 is 2.79 bits per heavy atom. The Balaban J connectivity index is 1.18. The highest BCUT2D eigenvalue weighted by molar-refractivity contribution is 8.14. The van der Waals surface area contributed by atoms with E-state index in [2.05, 4.69) is 76.3 Å². The molecule has 3 atom stereocenters. The molecule has 0 bridgehead atoms. The first-order chi connectivity index (χ1) is 16.0. The van der Waals surface area contributed by atoms with Gasteiger partial charge < -0.3 is 15.2 Å². The Morgan fingerprint density at radius 2 is 2.00 bits per heavy atom. The summed E-state index contributed by atoms with van der Waals surface area (Å²) in [6.45, 7) is 6.43. The van der Waals surface area contributed by atoms with Crippen molar-refractivity contribution in [1.82, 2.24) is 20.8 Å². The molecule has 33 heavy (non-hydrogen) atoms. The highest BCUT2D eigenvalue weighted by Crippen LogP contribution is 2.36. The number of carbonyl (C=O) groups excluding carboxylic acids is 1. The van der Waals surface area contributed by atoms with E-state index in [9.17, 15) is 4.79 Å². The van der Waals surface area contributed by atoms with Crippen molar-refractivity contribution < 1.29 is 4.79 Å². The molecule has 3 N–H and O–H groups in total. The Hall–Kier alpha value is -2.97. The molecule has 0 aliphatic carbocycles. The topological polar surface area (TPSA) is 72.0 Å². The molecule has 3 heterocycles. The number of nitrogens with one attached hydrogen (secondary N) is 3. The zero-order chi connectivity index (χ0) is 22.9. The molecule has 5 rings (SSSR count). The maximum absolute atomic E-state index is 12.5. The molecule has 2 aromatic carbocycles. The van der Waals surface area contributed by atoms with E-state index < -0.39 is 0 Å². The van der Waals surface area contributed by atoms with Crippen molar-refractivity contribution in [2.24, 2.45) is 5.10 Å². The van der Waals surface area contributed by atoms with Gasteiger partial charge >= 0.3 is 0 Å². The second-order valence-corrected chi connectivity index (χ2v) is 9.76. The molecule has 0 spiro atoms. The maximum atomic E-state index is 12.5. The van der Waals surface area contributed by atoms with Gasteiger partial charge in [-0.15, -0.1) is 0 Å². The summed E-state index contributed by atoms with van der Waals surface area (Å²) < 4.78 is 0. The summed E-state index contributed by atoms with van der Waals surface area (Å²) in [5.41, 5.74) is 13.0. The molecule has 0 radical (unpaired) electrons. The fourth-order valence-corrected chi connectivity index (χ4v) is 5.41. The number of thioether (sulfide) groups is 1. The van der Waals surface area contributed by atoms with Crippen LogP contribution in [-0.4, -0.2) is 38.9 Å². The Morgan fingerprint density at radius 1 is 1.18 bits per heavy atom. The number of anilines is 1. The van der Waals surface area contributed by atoms with Gasteiger partial charge in [0.15, 0.2) is 5.17 Å². The first-order valence-corrected chi connectivity index (χ1v) is 12.4. The van der Waals surface area contributed by atoms with Gasteiger partial charge in [0.25, 0.3) is 0 Å². The largest absolute Gasteiger partial charge is 0.325 e. The lowest BCUT2D eigenvalue weighted by Gasteiger charge is -2.36. The number of amidine groups is 1. The van der Waals surface area contributed by atoms with Crippen LogP contribution in [0.2, 0.25) is 0 Å². The van der Waals surface area contributed by atoms with E-state index >= 15 is 0 Å². The molecule has 0 saturated carbocycles.